The van der Waals surface area contributed by atoms with Gasteiger partial charge in [-0.3, -0.25) is 0 Å². The standard InChI is InChI=1S/C15H16F3N4O3.C2H6.2Re/c16-15(17,18)8-7-9(19)11-14-22-21-13(25-14)10(23)5-3-1-2-4-6-24-12(8)20-11;1-2;;/h7,10,19,23H,1-6H2;1-2H3;;/q-1;;;. The van der Waals surface area contributed by atoms with Gasteiger partial charge in [0.1, 0.15) is 17.4 Å². The first-order chi connectivity index (χ1) is 12.9. The predicted molar refractivity (Wildman–Crippen MR) is 91.4 cm³/mol. The number of aromatic nitrogens is 3. The van der Waals surface area contributed by atoms with Gasteiger partial charge in [0.25, 0.3) is 5.89 Å². The van der Waals surface area contributed by atoms with Gasteiger partial charge in [0.15, 0.2) is 0 Å². The van der Waals surface area contributed by atoms with Crippen LogP contribution in [-0.4, -0.2) is 26.9 Å². The van der Waals surface area contributed by atoms with Gasteiger partial charge in [-0.1, -0.05) is 39.2 Å². The Hall–Kier alpha value is -1.04. The summed E-state index contributed by atoms with van der Waals surface area (Å²) in [4.78, 5) is 3.79. The largest absolute Gasteiger partial charge is 0.697 e. The number of alkyl halides is 3. The molecular formula is C17H22F3N4O3Re2-. The number of halogens is 3. The Bertz CT molecular complexity index is 760. The van der Waals surface area contributed by atoms with Crippen molar-refractivity contribution in [1.82, 2.24) is 15.2 Å². The monoisotopic (exact) mass is 761 g/mol. The molecule has 1 aliphatic rings. The number of nitrogens with zero attached hydrogens (tertiary/aromatic N) is 3. The number of aliphatic hydroxyl groups excluding tert-OH is 1. The molecule has 0 amide bonds. The third kappa shape index (κ3) is 7.30. The topological polar surface area (TPSA) is 105 Å². The number of aliphatic hydroxyl groups is 1. The molecular weight excluding hydrogens is 738 g/mol. The molecule has 0 aromatic carbocycles. The first-order valence-corrected chi connectivity index (χ1v) is 8.84. The summed E-state index contributed by atoms with van der Waals surface area (Å²) in [6.45, 7) is 4.07. The second-order valence-corrected chi connectivity index (χ2v) is 5.75. The van der Waals surface area contributed by atoms with Crippen LogP contribution in [0.1, 0.15) is 63.5 Å². The van der Waals surface area contributed by atoms with E-state index in [1.165, 1.54) is 0 Å². The summed E-state index contributed by atoms with van der Waals surface area (Å²) < 4.78 is 50.0. The second kappa shape index (κ2) is 12.6. The molecule has 12 heteroatoms. The summed E-state index contributed by atoms with van der Waals surface area (Å²) >= 11 is 0. The maximum atomic E-state index is 13.2. The third-order valence-electron chi connectivity index (χ3n) is 3.83. The minimum absolute atomic E-state index is 0. The smallest absolute Gasteiger partial charge is 0.421 e. The zero-order valence-corrected chi connectivity index (χ0v) is 21.3. The quantitative estimate of drug-likeness (QED) is 0.395. The Morgan fingerprint density at radius 2 is 1.76 bits per heavy atom. The number of ether oxygens (including phenoxy) is 1. The Kier molecular flexibility index (Phi) is 12.2. The molecule has 4 bridgehead atoms. The van der Waals surface area contributed by atoms with Crippen molar-refractivity contribution < 1.29 is 68.3 Å². The van der Waals surface area contributed by atoms with E-state index < -0.39 is 29.4 Å². The van der Waals surface area contributed by atoms with Crippen LogP contribution < -0.4 is 4.74 Å². The van der Waals surface area contributed by atoms with E-state index in [9.17, 15) is 18.3 Å². The van der Waals surface area contributed by atoms with Gasteiger partial charge >= 0.3 is 6.18 Å². The van der Waals surface area contributed by atoms with Crippen molar-refractivity contribution in [3.63, 3.8) is 0 Å². The summed E-state index contributed by atoms with van der Waals surface area (Å²) in [6, 6.07) is 0.629. The van der Waals surface area contributed by atoms with Crippen LogP contribution in [0, 0.1) is 0 Å². The van der Waals surface area contributed by atoms with E-state index in [4.69, 9.17) is 14.9 Å². The van der Waals surface area contributed by atoms with Crippen LogP contribution in [0.2, 0.25) is 0 Å². The fourth-order valence-corrected chi connectivity index (χ4v) is 2.52. The molecule has 164 valence electrons. The van der Waals surface area contributed by atoms with Gasteiger partial charge < -0.3 is 20.0 Å². The van der Waals surface area contributed by atoms with Gasteiger partial charge in [0.05, 0.1) is 6.61 Å². The van der Waals surface area contributed by atoms with Crippen LogP contribution in [0.3, 0.4) is 0 Å². The fourth-order valence-electron chi connectivity index (χ4n) is 2.52. The Morgan fingerprint density at radius 3 is 2.41 bits per heavy atom. The van der Waals surface area contributed by atoms with Gasteiger partial charge in [0, 0.05) is 40.8 Å². The van der Waals surface area contributed by atoms with Gasteiger partial charge in [-0.25, -0.2) is 4.98 Å². The van der Waals surface area contributed by atoms with Crippen molar-refractivity contribution in [2.45, 2.75) is 58.2 Å². The first-order valence-electron chi connectivity index (χ1n) is 8.84. The fraction of sp³-hybridized carbons (Fsp3) is 0.588. The van der Waals surface area contributed by atoms with E-state index in [-0.39, 0.29) is 64.9 Å². The number of fused-ring (bicyclic) bond motifs is 5. The maximum absolute atomic E-state index is 13.2. The molecule has 2 N–H and O–H groups in total. The third-order valence-corrected chi connectivity index (χ3v) is 3.83. The minimum Gasteiger partial charge on any atom is -0.697 e. The molecule has 29 heavy (non-hydrogen) atoms. The molecule has 0 saturated carbocycles. The van der Waals surface area contributed by atoms with Gasteiger partial charge in [-0.2, -0.15) is 13.2 Å². The van der Waals surface area contributed by atoms with Crippen LogP contribution in [-0.2, 0) is 47.0 Å². The number of rotatable bonds is 0. The van der Waals surface area contributed by atoms with E-state index >= 15 is 0 Å². The zero-order valence-electron chi connectivity index (χ0n) is 15.9. The molecule has 0 spiro atoms. The van der Waals surface area contributed by atoms with Gasteiger partial charge in [0.2, 0.25) is 11.8 Å². The number of hydrogen-bond donors (Lipinski definition) is 1. The van der Waals surface area contributed by atoms with Crippen molar-refractivity contribution >= 4 is 5.69 Å². The van der Waals surface area contributed by atoms with Crippen molar-refractivity contribution in [2.24, 2.45) is 0 Å². The molecule has 1 unspecified atom stereocenters. The van der Waals surface area contributed by atoms with Crippen molar-refractivity contribution in [2.75, 3.05) is 6.61 Å². The molecule has 1 atom stereocenters. The number of nitrogens with one attached hydrogen (secondary N) is 1. The molecule has 2 aromatic heterocycles. The SMILES string of the molecule is CC.[NH-]c1cc(C(F)(F)F)c2nc1-c1nnc(o1)C(O)CCCCCCO2.[Re].[Re]. The number of pyridine rings is 1. The zero-order chi connectivity index (χ0) is 20.0. The molecule has 3 rings (SSSR count). The molecule has 1 aliphatic heterocycles. The Morgan fingerprint density at radius 1 is 1.10 bits per heavy atom. The van der Waals surface area contributed by atoms with Crippen molar-refractivity contribution in [3.05, 3.63) is 23.3 Å². The molecule has 0 aliphatic carbocycles. The van der Waals surface area contributed by atoms with Gasteiger partial charge in [-0.05, 0) is 12.8 Å². The molecule has 7 nitrogen and oxygen atoms in total. The van der Waals surface area contributed by atoms with Crippen LogP contribution in [0.4, 0.5) is 18.9 Å². The Labute approximate surface area is 194 Å². The van der Waals surface area contributed by atoms with E-state index in [0.717, 1.165) is 12.8 Å². The molecule has 0 fully saturated rings. The van der Waals surface area contributed by atoms with E-state index in [2.05, 4.69) is 15.2 Å². The number of hydrogen-bond acceptors (Lipinski definition) is 6. The van der Waals surface area contributed by atoms with Crippen LogP contribution in [0.15, 0.2) is 10.5 Å². The summed E-state index contributed by atoms with van der Waals surface area (Å²) in [6.07, 6.45) is -2.42. The van der Waals surface area contributed by atoms with E-state index in [1.54, 1.807) is 0 Å². The van der Waals surface area contributed by atoms with Crippen LogP contribution >= 0.6 is 0 Å². The van der Waals surface area contributed by atoms with Crippen molar-refractivity contribution in [3.8, 4) is 17.5 Å². The maximum Gasteiger partial charge on any atom is 0.421 e. The van der Waals surface area contributed by atoms with Crippen LogP contribution in [0.25, 0.3) is 17.3 Å². The molecule has 0 saturated heterocycles. The minimum atomic E-state index is -4.70. The van der Waals surface area contributed by atoms with E-state index in [0.29, 0.717) is 25.3 Å². The van der Waals surface area contributed by atoms with E-state index in [1.807, 2.05) is 13.8 Å². The summed E-state index contributed by atoms with van der Waals surface area (Å²) in [5.74, 6) is -0.888. The van der Waals surface area contributed by atoms with Crippen molar-refractivity contribution in [1.29, 1.82) is 0 Å². The average molecular weight is 760 g/mol. The summed E-state index contributed by atoms with van der Waals surface area (Å²) in [5, 5.41) is 17.4. The first kappa shape index (κ1) is 28.0. The average Bonchev–Trinajstić information content (AvgIpc) is 3.11. The normalized spacial score (nSPS) is 16.7. The summed E-state index contributed by atoms with van der Waals surface area (Å²) in [7, 11) is 0. The molecule has 3 heterocycles. The van der Waals surface area contributed by atoms with Crippen LogP contribution in [0.5, 0.6) is 5.88 Å². The Balaban J connectivity index is 0.00000190. The molecule has 2 aromatic rings. The second-order valence-electron chi connectivity index (χ2n) is 5.75. The van der Waals surface area contributed by atoms with Gasteiger partial charge in [-0.15, -0.1) is 15.9 Å². The summed E-state index contributed by atoms with van der Waals surface area (Å²) in [5.41, 5.74) is 5.95. The molecule has 2 radical (unpaired) electrons. The predicted octanol–water partition coefficient (Wildman–Crippen LogP) is 5.23.